The molecule has 0 aliphatic heterocycles. The van der Waals surface area contributed by atoms with E-state index in [1.807, 2.05) is 17.5 Å². The Morgan fingerprint density at radius 1 is 1.35 bits per heavy atom. The summed E-state index contributed by atoms with van der Waals surface area (Å²) in [5, 5.41) is 4.27. The molecule has 0 spiro atoms. The SMILES string of the molecule is Cc1oc(-c2cccs2)nc1CC(=O)Nc1cc(S(C)(=O)=O)ccc1F. The molecule has 0 aliphatic carbocycles. The number of nitrogens with zero attached hydrogens (tertiary/aromatic N) is 1. The fourth-order valence-electron chi connectivity index (χ4n) is 2.27. The second-order valence-electron chi connectivity index (χ2n) is 5.64. The summed E-state index contributed by atoms with van der Waals surface area (Å²) >= 11 is 1.46. The molecule has 2 aromatic heterocycles. The predicted octanol–water partition coefficient (Wildman–Crippen LogP) is 3.44. The molecule has 0 saturated heterocycles. The number of hydrogen-bond donors (Lipinski definition) is 1. The number of anilines is 1. The first-order chi connectivity index (χ1) is 12.2. The van der Waals surface area contributed by atoms with Crippen molar-refractivity contribution in [1.82, 2.24) is 4.98 Å². The van der Waals surface area contributed by atoms with Crippen LogP contribution in [0.1, 0.15) is 11.5 Å². The number of carbonyl (C=O) groups is 1. The zero-order valence-electron chi connectivity index (χ0n) is 13.9. The van der Waals surface area contributed by atoms with Gasteiger partial charge in [-0.1, -0.05) is 6.07 Å². The smallest absolute Gasteiger partial charge is 0.236 e. The summed E-state index contributed by atoms with van der Waals surface area (Å²) in [7, 11) is -3.51. The van der Waals surface area contributed by atoms with Crippen LogP contribution in [-0.4, -0.2) is 25.6 Å². The summed E-state index contributed by atoms with van der Waals surface area (Å²) in [4.78, 5) is 17.3. The maximum Gasteiger partial charge on any atom is 0.236 e. The molecule has 0 unspecified atom stereocenters. The molecular formula is C17H15FN2O4S2. The molecule has 1 amide bonds. The molecule has 3 aromatic rings. The van der Waals surface area contributed by atoms with Gasteiger partial charge in [0.25, 0.3) is 0 Å². The number of halogens is 1. The number of thiophene rings is 1. The van der Waals surface area contributed by atoms with Crippen molar-refractivity contribution in [2.45, 2.75) is 18.2 Å². The average molecular weight is 394 g/mol. The maximum atomic E-state index is 13.9. The number of carbonyl (C=O) groups excluding carboxylic acids is 1. The highest BCUT2D eigenvalue weighted by atomic mass is 32.2. The van der Waals surface area contributed by atoms with E-state index >= 15 is 0 Å². The second kappa shape index (κ2) is 7.00. The third kappa shape index (κ3) is 4.00. The van der Waals surface area contributed by atoms with E-state index in [1.54, 1.807) is 6.92 Å². The Labute approximate surface area is 153 Å². The average Bonchev–Trinajstić information content (AvgIpc) is 3.19. The number of oxazole rings is 1. The monoisotopic (exact) mass is 394 g/mol. The van der Waals surface area contributed by atoms with Gasteiger partial charge >= 0.3 is 0 Å². The number of benzene rings is 1. The van der Waals surface area contributed by atoms with Crippen LogP contribution in [0.3, 0.4) is 0 Å². The molecule has 6 nitrogen and oxygen atoms in total. The summed E-state index contributed by atoms with van der Waals surface area (Å²) in [5.41, 5.74) is 0.239. The molecule has 0 fully saturated rings. The minimum Gasteiger partial charge on any atom is -0.440 e. The lowest BCUT2D eigenvalue weighted by molar-refractivity contribution is -0.115. The van der Waals surface area contributed by atoms with Crippen LogP contribution in [0.15, 0.2) is 45.0 Å². The van der Waals surface area contributed by atoms with Crippen LogP contribution in [0.4, 0.5) is 10.1 Å². The molecule has 3 rings (SSSR count). The van der Waals surface area contributed by atoms with E-state index in [9.17, 15) is 17.6 Å². The van der Waals surface area contributed by atoms with Gasteiger partial charge in [0.1, 0.15) is 11.6 Å². The maximum absolute atomic E-state index is 13.9. The van der Waals surface area contributed by atoms with Gasteiger partial charge in [-0.25, -0.2) is 17.8 Å². The van der Waals surface area contributed by atoms with E-state index in [0.29, 0.717) is 17.3 Å². The Balaban J connectivity index is 1.78. The Morgan fingerprint density at radius 3 is 2.77 bits per heavy atom. The topological polar surface area (TPSA) is 89.3 Å². The normalized spacial score (nSPS) is 11.5. The quantitative estimate of drug-likeness (QED) is 0.670. The highest BCUT2D eigenvalue weighted by Crippen LogP contribution is 2.26. The standard InChI is InChI=1S/C17H15FN2O4S2/c1-10-13(20-17(24-10)15-4-3-7-25-15)9-16(21)19-14-8-11(26(2,22)23)5-6-12(14)18/h3-8H,9H2,1-2H3,(H,19,21). The summed E-state index contributed by atoms with van der Waals surface area (Å²) in [5.74, 6) is -0.329. The molecule has 0 atom stereocenters. The Bertz CT molecular complexity index is 1060. The second-order valence-corrected chi connectivity index (χ2v) is 8.60. The van der Waals surface area contributed by atoms with Crippen LogP contribution in [0.25, 0.3) is 10.8 Å². The molecule has 2 heterocycles. The first-order valence-corrected chi connectivity index (χ1v) is 10.3. The zero-order valence-corrected chi connectivity index (χ0v) is 15.6. The highest BCUT2D eigenvalue weighted by Gasteiger charge is 2.17. The van der Waals surface area contributed by atoms with Crippen molar-refractivity contribution in [1.29, 1.82) is 0 Å². The van der Waals surface area contributed by atoms with Gasteiger partial charge in [-0.05, 0) is 36.6 Å². The van der Waals surface area contributed by atoms with Gasteiger partial charge in [-0.3, -0.25) is 4.79 Å². The van der Waals surface area contributed by atoms with Gasteiger partial charge < -0.3 is 9.73 Å². The van der Waals surface area contributed by atoms with Gasteiger partial charge in [-0.15, -0.1) is 11.3 Å². The van der Waals surface area contributed by atoms with E-state index < -0.39 is 21.6 Å². The van der Waals surface area contributed by atoms with Crippen LogP contribution in [0.5, 0.6) is 0 Å². The van der Waals surface area contributed by atoms with E-state index in [-0.39, 0.29) is 17.0 Å². The van der Waals surface area contributed by atoms with Gasteiger partial charge in [0.15, 0.2) is 9.84 Å². The molecule has 1 N–H and O–H groups in total. The third-order valence-corrected chi connectivity index (χ3v) is 5.56. The number of rotatable bonds is 5. The van der Waals surface area contributed by atoms with Crippen molar-refractivity contribution in [2.24, 2.45) is 0 Å². The fourth-order valence-corrected chi connectivity index (χ4v) is 3.57. The summed E-state index contributed by atoms with van der Waals surface area (Å²) in [6.45, 7) is 1.69. The van der Waals surface area contributed by atoms with Crippen molar-refractivity contribution in [3.8, 4) is 10.8 Å². The summed E-state index contributed by atoms with van der Waals surface area (Å²) in [6, 6.07) is 6.96. The minimum atomic E-state index is -3.51. The van der Waals surface area contributed by atoms with Crippen molar-refractivity contribution >= 4 is 32.8 Å². The molecule has 0 bridgehead atoms. The molecule has 0 aliphatic rings. The molecule has 26 heavy (non-hydrogen) atoms. The lowest BCUT2D eigenvalue weighted by Gasteiger charge is -2.07. The predicted molar refractivity (Wildman–Crippen MR) is 96.4 cm³/mol. The number of hydrogen-bond acceptors (Lipinski definition) is 6. The molecule has 136 valence electrons. The number of sulfone groups is 1. The Morgan fingerprint density at radius 2 is 2.12 bits per heavy atom. The van der Waals surface area contributed by atoms with Crippen LogP contribution in [-0.2, 0) is 21.1 Å². The molecular weight excluding hydrogens is 379 g/mol. The van der Waals surface area contributed by atoms with Gasteiger partial charge in [-0.2, -0.15) is 0 Å². The van der Waals surface area contributed by atoms with Crippen LogP contribution in [0.2, 0.25) is 0 Å². The Hall–Kier alpha value is -2.52. The molecule has 1 aromatic carbocycles. The van der Waals surface area contributed by atoms with Crippen molar-refractivity contribution in [3.63, 3.8) is 0 Å². The van der Waals surface area contributed by atoms with E-state index in [1.165, 1.54) is 11.3 Å². The van der Waals surface area contributed by atoms with E-state index in [2.05, 4.69) is 10.3 Å². The van der Waals surface area contributed by atoms with E-state index in [4.69, 9.17) is 4.42 Å². The lowest BCUT2D eigenvalue weighted by atomic mass is 10.2. The molecule has 0 saturated carbocycles. The van der Waals surface area contributed by atoms with Crippen LogP contribution >= 0.6 is 11.3 Å². The number of amides is 1. The Kier molecular flexibility index (Phi) is 4.92. The number of nitrogens with one attached hydrogen (secondary N) is 1. The lowest BCUT2D eigenvalue weighted by Crippen LogP contribution is -2.16. The zero-order chi connectivity index (χ0) is 18.9. The van der Waals surface area contributed by atoms with Crippen molar-refractivity contribution < 1.29 is 22.0 Å². The molecule has 9 heteroatoms. The first kappa shape index (κ1) is 18.3. The summed E-state index contributed by atoms with van der Waals surface area (Å²) in [6.07, 6.45) is 0.889. The number of aryl methyl sites for hydroxylation is 1. The van der Waals surface area contributed by atoms with Gasteiger partial charge in [0, 0.05) is 6.26 Å². The van der Waals surface area contributed by atoms with E-state index in [0.717, 1.165) is 29.3 Å². The fraction of sp³-hybridized carbons (Fsp3) is 0.176. The first-order valence-electron chi connectivity index (χ1n) is 7.53. The van der Waals surface area contributed by atoms with Crippen molar-refractivity contribution in [2.75, 3.05) is 11.6 Å². The van der Waals surface area contributed by atoms with Crippen LogP contribution in [0, 0.1) is 12.7 Å². The van der Waals surface area contributed by atoms with Gasteiger partial charge in [0.05, 0.1) is 27.6 Å². The summed E-state index contributed by atoms with van der Waals surface area (Å²) < 4.78 is 42.6. The molecule has 0 radical (unpaired) electrons. The van der Waals surface area contributed by atoms with Crippen molar-refractivity contribution in [3.05, 3.63) is 53.0 Å². The van der Waals surface area contributed by atoms with Gasteiger partial charge in [0.2, 0.25) is 11.8 Å². The highest BCUT2D eigenvalue weighted by molar-refractivity contribution is 7.90. The third-order valence-electron chi connectivity index (χ3n) is 3.59. The largest absolute Gasteiger partial charge is 0.440 e. The minimum absolute atomic E-state index is 0.0770. The number of aromatic nitrogens is 1. The van der Waals surface area contributed by atoms with Crippen LogP contribution < -0.4 is 5.32 Å².